The molecule has 0 aliphatic heterocycles. The fraction of sp³-hybridized carbons (Fsp3) is 0.263. The molecule has 0 saturated heterocycles. The lowest BCUT2D eigenvalue weighted by Gasteiger charge is -2.13. The van der Waals surface area contributed by atoms with Crippen molar-refractivity contribution in [3.63, 3.8) is 0 Å². The fourth-order valence-corrected chi connectivity index (χ4v) is 2.17. The molecule has 0 heterocycles. The molecule has 0 spiro atoms. The number of amides is 1. The van der Waals surface area contributed by atoms with E-state index in [1.165, 1.54) is 0 Å². The maximum atomic E-state index is 12.5. The van der Waals surface area contributed by atoms with E-state index in [2.05, 4.69) is 5.32 Å². The lowest BCUT2D eigenvalue weighted by Crippen LogP contribution is -2.28. The number of hydrogen-bond donors (Lipinski definition) is 1. The number of nitrogens with one attached hydrogen (secondary N) is 1. The highest BCUT2D eigenvalue weighted by molar-refractivity contribution is 5.91. The summed E-state index contributed by atoms with van der Waals surface area (Å²) in [5.74, 6) is -1.37. The first-order valence-electron chi connectivity index (χ1n) is 8.04. The van der Waals surface area contributed by atoms with E-state index in [1.807, 2.05) is 43.3 Å². The highest BCUT2D eigenvalue weighted by Crippen LogP contribution is 2.29. The molecule has 0 atom stereocenters. The van der Waals surface area contributed by atoms with E-state index in [9.17, 15) is 22.8 Å². The van der Waals surface area contributed by atoms with Crippen LogP contribution in [0.2, 0.25) is 0 Å². The summed E-state index contributed by atoms with van der Waals surface area (Å²) in [6, 6.07) is 11.1. The van der Waals surface area contributed by atoms with Gasteiger partial charge >= 0.3 is 12.1 Å². The predicted molar refractivity (Wildman–Crippen MR) is 94.3 cm³/mol. The summed E-state index contributed by atoms with van der Waals surface area (Å²) < 4.78 is 42.3. The van der Waals surface area contributed by atoms with Gasteiger partial charge in [0.05, 0.1) is 11.1 Å². The number of benzene rings is 2. The Hall–Kier alpha value is -3.03. The first-order valence-corrected chi connectivity index (χ1v) is 8.04. The minimum atomic E-state index is -4.48. The number of rotatable bonds is 6. The largest absolute Gasteiger partial charge is 0.452 e. The molecule has 2 aromatic rings. The molecule has 144 valence electrons. The molecule has 0 radical (unpaired) electrons. The molecule has 8 heteroatoms. The van der Waals surface area contributed by atoms with Crippen LogP contribution >= 0.6 is 0 Å². The molecular weight excluding hydrogens is 361 g/mol. The van der Waals surface area contributed by atoms with Crippen LogP contribution in [0.15, 0.2) is 48.5 Å². The number of esters is 1. The Morgan fingerprint density at radius 3 is 2.11 bits per heavy atom. The third kappa shape index (κ3) is 6.02. The van der Waals surface area contributed by atoms with Crippen molar-refractivity contribution in [3.8, 4) is 0 Å². The minimum Gasteiger partial charge on any atom is -0.452 e. The minimum absolute atomic E-state index is 0.0601. The Morgan fingerprint density at radius 1 is 1.00 bits per heavy atom. The number of alkyl halides is 3. The van der Waals surface area contributed by atoms with Gasteiger partial charge in [-0.25, -0.2) is 4.79 Å². The van der Waals surface area contributed by atoms with E-state index in [0.717, 1.165) is 35.5 Å². The average molecular weight is 380 g/mol. The maximum Gasteiger partial charge on any atom is 0.416 e. The molecule has 5 nitrogen and oxygen atoms in total. The van der Waals surface area contributed by atoms with Crippen molar-refractivity contribution < 1.29 is 27.5 Å². The third-order valence-electron chi connectivity index (χ3n) is 3.72. The van der Waals surface area contributed by atoms with Crippen LogP contribution in [0.1, 0.15) is 21.5 Å². The van der Waals surface area contributed by atoms with Crippen LogP contribution in [0, 0.1) is 0 Å². The number of anilines is 1. The molecule has 0 aliphatic carbocycles. The first-order chi connectivity index (χ1) is 12.7. The van der Waals surface area contributed by atoms with E-state index in [1.54, 1.807) is 0 Å². The van der Waals surface area contributed by atoms with Gasteiger partial charge in [-0.2, -0.15) is 13.2 Å². The zero-order valence-corrected chi connectivity index (χ0v) is 14.8. The van der Waals surface area contributed by atoms with E-state index < -0.39 is 30.2 Å². The van der Waals surface area contributed by atoms with E-state index in [-0.39, 0.29) is 12.1 Å². The average Bonchev–Trinajstić information content (AvgIpc) is 2.64. The highest BCUT2D eigenvalue weighted by Gasteiger charge is 2.30. The van der Waals surface area contributed by atoms with Gasteiger partial charge in [-0.05, 0) is 42.0 Å². The van der Waals surface area contributed by atoms with Crippen molar-refractivity contribution >= 4 is 17.6 Å². The summed E-state index contributed by atoms with van der Waals surface area (Å²) in [6.45, 7) is -0.250. The van der Waals surface area contributed by atoms with Gasteiger partial charge in [0.25, 0.3) is 5.91 Å². The Morgan fingerprint density at radius 2 is 1.59 bits per heavy atom. The van der Waals surface area contributed by atoms with Crippen molar-refractivity contribution in [1.82, 2.24) is 5.32 Å². The quantitative estimate of drug-likeness (QED) is 0.782. The summed E-state index contributed by atoms with van der Waals surface area (Å²) >= 11 is 0. The van der Waals surface area contributed by atoms with Crippen LogP contribution in [0.4, 0.5) is 18.9 Å². The summed E-state index contributed by atoms with van der Waals surface area (Å²) in [5, 5.41) is 2.60. The van der Waals surface area contributed by atoms with Gasteiger partial charge in [-0.15, -0.1) is 0 Å². The van der Waals surface area contributed by atoms with Crippen LogP contribution < -0.4 is 10.2 Å². The maximum absolute atomic E-state index is 12.5. The molecule has 0 bridgehead atoms. The highest BCUT2D eigenvalue weighted by atomic mass is 19.4. The number of nitrogens with zero attached hydrogens (tertiary/aromatic N) is 1. The second-order valence-corrected chi connectivity index (χ2v) is 5.99. The second kappa shape index (κ2) is 8.57. The molecule has 0 aromatic heterocycles. The van der Waals surface area contributed by atoms with Gasteiger partial charge in [-0.3, -0.25) is 4.79 Å². The van der Waals surface area contributed by atoms with Crippen LogP contribution in [-0.2, 0) is 22.3 Å². The lowest BCUT2D eigenvalue weighted by molar-refractivity contribution is -0.137. The van der Waals surface area contributed by atoms with Crippen molar-refractivity contribution in [3.05, 3.63) is 65.2 Å². The van der Waals surface area contributed by atoms with E-state index in [4.69, 9.17) is 4.74 Å². The Balaban J connectivity index is 1.80. The van der Waals surface area contributed by atoms with Crippen molar-refractivity contribution in [1.29, 1.82) is 0 Å². The monoisotopic (exact) mass is 380 g/mol. The van der Waals surface area contributed by atoms with Gasteiger partial charge < -0.3 is 15.0 Å². The van der Waals surface area contributed by atoms with Crippen molar-refractivity contribution in [2.24, 2.45) is 0 Å². The molecule has 2 rings (SSSR count). The normalized spacial score (nSPS) is 11.0. The van der Waals surface area contributed by atoms with Crippen molar-refractivity contribution in [2.45, 2.75) is 12.7 Å². The Bertz CT molecular complexity index is 785. The topological polar surface area (TPSA) is 58.6 Å². The molecule has 1 amide bonds. The van der Waals surface area contributed by atoms with Gasteiger partial charge in [0, 0.05) is 26.3 Å². The van der Waals surface area contributed by atoms with E-state index in [0.29, 0.717) is 0 Å². The smallest absolute Gasteiger partial charge is 0.416 e. The zero-order valence-electron chi connectivity index (χ0n) is 14.8. The third-order valence-corrected chi connectivity index (χ3v) is 3.72. The molecule has 0 unspecified atom stereocenters. The Labute approximate surface area is 154 Å². The van der Waals surface area contributed by atoms with Crippen LogP contribution in [0.25, 0.3) is 0 Å². The van der Waals surface area contributed by atoms with Gasteiger partial charge in [-0.1, -0.05) is 12.1 Å². The van der Waals surface area contributed by atoms with Crippen molar-refractivity contribution in [2.75, 3.05) is 25.6 Å². The zero-order chi connectivity index (χ0) is 20.0. The van der Waals surface area contributed by atoms with Crippen LogP contribution in [-0.4, -0.2) is 32.6 Å². The van der Waals surface area contributed by atoms with Crippen LogP contribution in [0.3, 0.4) is 0 Å². The van der Waals surface area contributed by atoms with Crippen LogP contribution in [0.5, 0.6) is 0 Å². The summed E-state index contributed by atoms with van der Waals surface area (Å²) in [6.07, 6.45) is -4.48. The lowest BCUT2D eigenvalue weighted by atomic mass is 10.1. The molecule has 0 aliphatic rings. The van der Waals surface area contributed by atoms with Gasteiger partial charge in [0.15, 0.2) is 6.61 Å². The number of hydrogen-bond acceptors (Lipinski definition) is 4. The molecule has 27 heavy (non-hydrogen) atoms. The summed E-state index contributed by atoms with van der Waals surface area (Å²) in [4.78, 5) is 25.5. The number of carbonyl (C=O) groups excluding carboxylic acids is 2. The fourth-order valence-electron chi connectivity index (χ4n) is 2.17. The number of carbonyl (C=O) groups is 2. The molecule has 2 aromatic carbocycles. The predicted octanol–water partition coefficient (Wildman–Crippen LogP) is 3.24. The Kier molecular flexibility index (Phi) is 6.44. The summed E-state index contributed by atoms with van der Waals surface area (Å²) in [5.41, 5.74) is 0.978. The van der Waals surface area contributed by atoms with E-state index >= 15 is 0 Å². The molecule has 0 fully saturated rings. The molecule has 1 N–H and O–H groups in total. The standard InChI is InChI=1S/C19H19F3N2O3/c1-24(2)16-9-3-13(4-10-16)11-23-17(25)12-27-18(26)14-5-7-15(8-6-14)19(20,21)22/h3-10H,11-12H2,1-2H3,(H,23,25). The van der Waals surface area contributed by atoms with Gasteiger partial charge in [0.1, 0.15) is 0 Å². The second-order valence-electron chi connectivity index (χ2n) is 5.99. The van der Waals surface area contributed by atoms with Gasteiger partial charge in [0.2, 0.25) is 0 Å². The summed E-state index contributed by atoms with van der Waals surface area (Å²) in [7, 11) is 3.84. The number of halogens is 3. The molecule has 0 saturated carbocycles. The first kappa shape index (κ1) is 20.3. The number of ether oxygens (including phenoxy) is 1. The SMILES string of the molecule is CN(C)c1ccc(CNC(=O)COC(=O)c2ccc(C(F)(F)F)cc2)cc1. The molecular formula is C19H19F3N2O3.